The average Bonchev–Trinajstić information content (AvgIpc) is 1.50. The largest absolute Gasteiger partial charge is 0.480 e. The van der Waals surface area contributed by atoms with Crippen LogP contribution in [0.3, 0.4) is 0 Å². The van der Waals surface area contributed by atoms with Crippen LogP contribution >= 0.6 is 7.92 Å². The molecule has 37 nitrogen and oxygen atoms in total. The molecular weight excluding hydrogens is 1600 g/mol. The Kier molecular flexibility index (Phi) is 48.0. The number of carboxylic acids is 2. The van der Waals surface area contributed by atoms with Gasteiger partial charge in [0.05, 0.1) is 58.3 Å². The third-order valence-corrected chi connectivity index (χ3v) is 21.0. The average molecular weight is 1690 g/mol. The SMILES string of the molecule is C[C@@H](O)[C@H](NC(=O)CCCCCNC(=O)c1ccc(NN)nc1)C(=O)N[C@@H](CCCCN)C(=O)N1CCC[C@H]1C(=O)N1CCC[C@H]1C(=O)N[C@@H](CCCN=C(N)N)C(=O)O.O=C(O)CNC(CO)(CO)CO.O=S(=O)(O)c1cccc(P(c2cccc(S(=O)(=O)O)c2)c2cccc(S(=O)(=O)O)c2)c1.[Na].[Na].[Na].[Tc]. The Morgan fingerprint density at radius 3 is 1.64 bits per heavy atom. The molecule has 45 heteroatoms. The van der Waals surface area contributed by atoms with Crippen LogP contribution in [-0.2, 0) is 84.0 Å². The maximum atomic E-state index is 14.2. The van der Waals surface area contributed by atoms with Crippen LogP contribution in [0.25, 0.3) is 0 Å². The molecule has 23 N–H and O–H groups in total. The first-order valence-corrected chi connectivity index (χ1v) is 37.9. The molecule has 6 atom stereocenters. The topological polar surface area (TPSA) is 629 Å². The summed E-state index contributed by atoms with van der Waals surface area (Å²) in [6.45, 7) is 0.711. The number of carbonyl (C=O) groups excluding carboxylic acids is 6. The number of hydrogen-bond acceptors (Lipinski definition) is 24. The molecule has 0 spiro atoms. The number of carboxylic acid groups (broad SMARTS) is 2. The van der Waals surface area contributed by atoms with Gasteiger partial charge in [0.15, 0.2) is 5.96 Å². The van der Waals surface area contributed by atoms with Crippen LogP contribution in [0, 0.1) is 0 Å². The number of aliphatic hydroxyl groups is 4. The van der Waals surface area contributed by atoms with Crippen molar-refractivity contribution in [3.8, 4) is 0 Å². The molecule has 2 fully saturated rings. The third kappa shape index (κ3) is 34.0. The Morgan fingerprint density at radius 2 is 1.19 bits per heavy atom. The van der Waals surface area contributed by atoms with Crippen LogP contribution in [0.2, 0.25) is 0 Å². The zero-order chi connectivity index (χ0) is 76.8. The zero-order valence-corrected chi connectivity index (χ0v) is 70.8. The van der Waals surface area contributed by atoms with E-state index >= 15 is 0 Å². The van der Waals surface area contributed by atoms with E-state index < -0.39 is 163 Å². The number of carbonyl (C=O) groups is 8. The van der Waals surface area contributed by atoms with Crippen LogP contribution in [0.1, 0.15) is 101 Å². The monoisotopic (exact) mass is 1690 g/mol. The van der Waals surface area contributed by atoms with Crippen molar-refractivity contribution in [3.63, 3.8) is 0 Å². The van der Waals surface area contributed by atoms with Crippen LogP contribution in [0.15, 0.2) is 111 Å². The van der Waals surface area contributed by atoms with Crippen LogP contribution < -0.4 is 71.0 Å². The van der Waals surface area contributed by atoms with Crippen molar-refractivity contribution in [1.29, 1.82) is 0 Å². The number of benzene rings is 3. The summed E-state index contributed by atoms with van der Waals surface area (Å²) in [5.41, 5.74) is 17.8. The number of aliphatic carboxylic acids is 2. The van der Waals surface area contributed by atoms with Crippen molar-refractivity contribution in [1.82, 2.24) is 41.4 Å². The summed E-state index contributed by atoms with van der Waals surface area (Å²) in [6, 6.07) is 13.3. The van der Waals surface area contributed by atoms with Gasteiger partial charge in [-0.3, -0.25) is 57.5 Å². The van der Waals surface area contributed by atoms with Gasteiger partial charge >= 0.3 is 11.9 Å². The molecule has 107 heavy (non-hydrogen) atoms. The number of anilines is 1. The number of nitrogens with one attached hydrogen (secondary N) is 6. The number of hydrazine groups is 1. The fourth-order valence-corrected chi connectivity index (χ4v) is 14.8. The summed E-state index contributed by atoms with van der Waals surface area (Å²) in [7, 11) is -15.4. The molecule has 4 radical (unpaired) electrons. The molecule has 3 aromatic carbocycles. The molecule has 2 aliphatic heterocycles. The number of aliphatic hydroxyl groups excluding tert-OH is 4. The second-order valence-electron chi connectivity index (χ2n) is 23.8. The molecule has 0 aliphatic carbocycles. The number of aliphatic imine (C=N–C) groups is 1. The van der Waals surface area contributed by atoms with Crippen molar-refractivity contribution < 1.29 is 128 Å². The molecule has 1 aromatic heterocycles. The van der Waals surface area contributed by atoms with Crippen LogP contribution in [0.5, 0.6) is 0 Å². The molecule has 0 unspecified atom stereocenters. The summed E-state index contributed by atoms with van der Waals surface area (Å²) in [4.78, 5) is 112. The van der Waals surface area contributed by atoms with Gasteiger partial charge in [0.1, 0.15) is 36.0 Å². The summed E-state index contributed by atoms with van der Waals surface area (Å²) in [5, 5.41) is 68.6. The fraction of sp³-hybridized carbons (Fsp3) is 0.484. The number of rotatable bonds is 37. The van der Waals surface area contributed by atoms with E-state index in [0.717, 1.165) is 18.2 Å². The zero-order valence-electron chi connectivity index (χ0n) is 59.6. The van der Waals surface area contributed by atoms with Gasteiger partial charge in [-0.2, -0.15) is 25.3 Å². The second kappa shape index (κ2) is 50.2. The van der Waals surface area contributed by atoms with Gasteiger partial charge < -0.3 is 84.3 Å². The van der Waals surface area contributed by atoms with Crippen LogP contribution in [-0.4, -0.2) is 327 Å². The van der Waals surface area contributed by atoms with E-state index in [1.165, 1.54) is 77.5 Å². The van der Waals surface area contributed by atoms with E-state index in [1.807, 2.05) is 0 Å². The number of nitrogens with two attached hydrogens (primary N) is 4. The smallest absolute Gasteiger partial charge is 0.326 e. The second-order valence-corrected chi connectivity index (χ2v) is 30.2. The van der Waals surface area contributed by atoms with Gasteiger partial charge in [-0.25, -0.2) is 15.6 Å². The van der Waals surface area contributed by atoms with Gasteiger partial charge in [-0.05, 0) is 156 Å². The Hall–Kier alpha value is -4.83. The van der Waals surface area contributed by atoms with E-state index in [2.05, 4.69) is 42.0 Å². The van der Waals surface area contributed by atoms with Gasteiger partial charge in [-0.15, -0.1) is 0 Å². The number of likely N-dealkylation sites (tertiary alicyclic amines) is 2. The summed E-state index contributed by atoms with van der Waals surface area (Å²) >= 11 is 0. The van der Waals surface area contributed by atoms with Crippen molar-refractivity contribution >= 4 is 202 Å². The van der Waals surface area contributed by atoms with E-state index in [9.17, 15) is 87.5 Å². The number of unbranched alkanes of at least 4 members (excludes halogenated alkanes) is 3. The molecular formula is C62H91N14Na3O23PS3Tc. The van der Waals surface area contributed by atoms with Gasteiger partial charge in [0.25, 0.3) is 36.3 Å². The maximum absolute atomic E-state index is 14.2. The third-order valence-electron chi connectivity index (χ3n) is 16.0. The quantitative estimate of drug-likeness (QED) is 0.00294. The molecule has 580 valence electrons. The minimum absolute atomic E-state index is 0. The fourth-order valence-electron chi connectivity index (χ4n) is 10.6. The van der Waals surface area contributed by atoms with Gasteiger partial charge in [0.2, 0.25) is 29.5 Å². The summed E-state index contributed by atoms with van der Waals surface area (Å²) < 4.78 is 97.7. The summed E-state index contributed by atoms with van der Waals surface area (Å²) in [5.74, 6) is 0.0707. The normalized spacial score (nSPS) is 15.1. The number of nitrogens with zero attached hydrogens (tertiary/aromatic N) is 4. The number of amides is 6. The predicted octanol–water partition coefficient (Wildman–Crippen LogP) is -4.84. The molecule has 6 rings (SSSR count). The molecule has 6 amide bonds. The summed E-state index contributed by atoms with van der Waals surface area (Å²) in [6.07, 6.45) is 4.91. The minimum Gasteiger partial charge on any atom is -0.480 e. The Labute approximate surface area is 700 Å². The van der Waals surface area contributed by atoms with Crippen molar-refractivity contribution in [2.24, 2.45) is 28.0 Å². The minimum atomic E-state index is -4.55. The van der Waals surface area contributed by atoms with Gasteiger partial charge in [-0.1, -0.05) is 42.8 Å². The Morgan fingerprint density at radius 1 is 0.673 bits per heavy atom. The molecule has 0 saturated carbocycles. The van der Waals surface area contributed by atoms with Crippen molar-refractivity contribution in [2.45, 2.75) is 147 Å². The van der Waals surface area contributed by atoms with Crippen molar-refractivity contribution in [3.05, 3.63) is 96.7 Å². The number of pyridine rings is 1. The number of nitrogen functional groups attached to an aromatic ring is 1. The molecule has 4 aromatic rings. The maximum Gasteiger partial charge on any atom is 0.326 e. The van der Waals surface area contributed by atoms with E-state index in [1.54, 1.807) is 12.1 Å². The molecule has 3 heterocycles. The molecule has 0 bridgehead atoms. The Balaban J connectivity index is 0.00000198. The number of guanidine groups is 1. The van der Waals surface area contributed by atoms with E-state index in [4.69, 9.17) is 43.5 Å². The van der Waals surface area contributed by atoms with E-state index in [0.29, 0.717) is 105 Å². The van der Waals surface area contributed by atoms with Crippen LogP contribution in [0.4, 0.5) is 5.82 Å². The standard InChI is InChI=1S/C38H63N13O9.C18H15O9PS3.C6H13NO5.3Na.Tc/c1-23(52)31(48-30(53)14-3-2-6-18-43-32(54)24-15-16-29(49-42)45-22-24)34(56)46-25(10-4-5-17-39)35(57)51-21-9-13-28(51)36(58)50-20-8-12-27(50)33(55)47-26(37(59)60)11-7-19-44-38(40)41;19-29(20,21)16-7-1-4-13(10-16)28(14-5-2-8-17(11-14)30(22,23)24)15-6-3-9-18(12-15)31(25,26)27;8-2-6(3-9,4-10)7-1-5(11)12;;;;/h15-16,22-23,25-28,31,52H,2-14,17-21,39,42H2,1H3,(H,43,54)(H,45,49)(H,46,56)(H,47,55)(H,48,53)(H,59,60)(H4,40,41,44);1-12H,(H,19,20,21)(H,22,23,24)(H,25,26,27);7-10H,1-4H2,(H,11,12);;;;/t23-,25+,26+,27+,28+,31+;;;;;;/m1....../s1. The Bertz CT molecular complexity index is 3750. The number of hydrogen-bond donors (Lipinski definition) is 19. The van der Waals surface area contributed by atoms with Crippen molar-refractivity contribution in [2.75, 3.05) is 64.5 Å². The van der Waals surface area contributed by atoms with Gasteiger partial charge in [0, 0.05) is 148 Å². The predicted molar refractivity (Wildman–Crippen MR) is 392 cm³/mol. The first-order chi connectivity index (χ1) is 48.5. The molecule has 2 saturated heterocycles. The first-order valence-electron chi connectivity index (χ1n) is 32.3. The first kappa shape index (κ1) is 102. The number of aromatic nitrogens is 1. The molecule has 2 aliphatic rings. The van der Waals surface area contributed by atoms with E-state index in [-0.39, 0.29) is 160 Å².